The first-order chi connectivity index (χ1) is 12.9. The molecule has 3 rings (SSSR count). The lowest BCUT2D eigenvalue weighted by atomic mass is 10.1. The fourth-order valence-electron chi connectivity index (χ4n) is 3.07. The van der Waals surface area contributed by atoms with E-state index in [1.165, 1.54) is 0 Å². The summed E-state index contributed by atoms with van der Waals surface area (Å²) in [5, 5.41) is 0.515. The maximum atomic E-state index is 12.7. The van der Waals surface area contributed by atoms with E-state index in [9.17, 15) is 4.79 Å². The van der Waals surface area contributed by atoms with E-state index in [4.69, 9.17) is 16.3 Å². The number of allylic oxidation sites excluding steroid dienone is 3. The second-order valence-corrected chi connectivity index (χ2v) is 7.21. The molecule has 0 unspecified atom stereocenters. The van der Waals surface area contributed by atoms with E-state index >= 15 is 0 Å². The van der Waals surface area contributed by atoms with Crippen molar-refractivity contribution in [1.82, 2.24) is 4.90 Å². The molecule has 0 aromatic heterocycles. The number of carbonyl (C=O) groups is 1. The van der Waals surface area contributed by atoms with Gasteiger partial charge in [-0.2, -0.15) is 0 Å². The van der Waals surface area contributed by atoms with Crippen LogP contribution in [0.2, 0.25) is 0 Å². The molecule has 0 atom stereocenters. The summed E-state index contributed by atoms with van der Waals surface area (Å²) >= 11 is 6.17. The molecule has 2 aromatic rings. The van der Waals surface area contributed by atoms with Gasteiger partial charge in [0.15, 0.2) is 0 Å². The number of rotatable bonds is 5. The zero-order valence-electron chi connectivity index (χ0n) is 15.5. The van der Waals surface area contributed by atoms with Gasteiger partial charge in [0.05, 0.1) is 5.57 Å². The van der Waals surface area contributed by atoms with E-state index in [-0.39, 0.29) is 5.91 Å². The smallest absolute Gasteiger partial charge is 0.255 e. The van der Waals surface area contributed by atoms with Gasteiger partial charge in [-0.1, -0.05) is 60.2 Å². The zero-order valence-corrected chi connectivity index (χ0v) is 16.3. The van der Waals surface area contributed by atoms with Crippen molar-refractivity contribution in [3.8, 4) is 11.5 Å². The second-order valence-electron chi connectivity index (χ2n) is 6.64. The highest BCUT2D eigenvalue weighted by Crippen LogP contribution is 2.30. The van der Waals surface area contributed by atoms with Crippen LogP contribution in [-0.2, 0) is 11.3 Å². The van der Waals surface area contributed by atoms with Crippen molar-refractivity contribution in [3.05, 3.63) is 94.6 Å². The third kappa shape index (κ3) is 4.69. The van der Waals surface area contributed by atoms with Crippen LogP contribution in [0.5, 0.6) is 11.5 Å². The predicted octanol–water partition coefficient (Wildman–Crippen LogP) is 5.84. The molecule has 0 radical (unpaired) electrons. The van der Waals surface area contributed by atoms with Crippen LogP contribution in [0.4, 0.5) is 0 Å². The quantitative estimate of drug-likeness (QED) is 0.611. The van der Waals surface area contributed by atoms with Crippen molar-refractivity contribution in [3.63, 3.8) is 0 Å². The molecule has 2 aromatic carbocycles. The number of hydrogen-bond donors (Lipinski definition) is 0. The molecule has 4 heteroatoms. The van der Waals surface area contributed by atoms with Crippen LogP contribution in [0, 0.1) is 0 Å². The molecule has 1 aliphatic heterocycles. The average molecular weight is 380 g/mol. The van der Waals surface area contributed by atoms with E-state index in [1.54, 1.807) is 11.8 Å². The van der Waals surface area contributed by atoms with Gasteiger partial charge in [-0.15, -0.1) is 0 Å². The Kier molecular flexibility index (Phi) is 5.82. The van der Waals surface area contributed by atoms with Crippen molar-refractivity contribution >= 4 is 17.5 Å². The molecule has 0 spiro atoms. The van der Waals surface area contributed by atoms with Gasteiger partial charge >= 0.3 is 0 Å². The third-order valence-electron chi connectivity index (χ3n) is 4.22. The summed E-state index contributed by atoms with van der Waals surface area (Å²) in [6.07, 6.45) is 1.93. The molecule has 1 saturated heterocycles. The van der Waals surface area contributed by atoms with E-state index in [2.05, 4.69) is 6.58 Å². The van der Waals surface area contributed by atoms with Crippen molar-refractivity contribution in [2.75, 3.05) is 6.54 Å². The minimum Gasteiger partial charge on any atom is -0.457 e. The summed E-state index contributed by atoms with van der Waals surface area (Å²) in [6.45, 7) is 8.62. The number of para-hydroxylation sites is 1. The molecule has 0 bridgehead atoms. The first-order valence-corrected chi connectivity index (χ1v) is 9.16. The molecule has 3 nitrogen and oxygen atoms in total. The van der Waals surface area contributed by atoms with Crippen LogP contribution in [-0.4, -0.2) is 17.4 Å². The van der Waals surface area contributed by atoms with E-state index in [1.807, 2.05) is 67.6 Å². The van der Waals surface area contributed by atoms with Gasteiger partial charge in [-0.3, -0.25) is 4.79 Å². The maximum Gasteiger partial charge on any atom is 0.255 e. The normalized spacial score (nSPS) is 17.4. The van der Waals surface area contributed by atoms with Crippen LogP contribution in [0.25, 0.3) is 0 Å². The Hall–Kier alpha value is -2.78. The Bertz CT molecular complexity index is 907. The molecule has 27 heavy (non-hydrogen) atoms. The van der Waals surface area contributed by atoms with Crippen LogP contribution in [0.15, 0.2) is 89.0 Å². The first-order valence-electron chi connectivity index (χ1n) is 8.78. The number of ether oxygens (including phenoxy) is 1. The molecule has 1 amide bonds. The monoisotopic (exact) mass is 379 g/mol. The van der Waals surface area contributed by atoms with Crippen molar-refractivity contribution in [2.24, 2.45) is 0 Å². The highest BCUT2D eigenvalue weighted by molar-refractivity contribution is 6.32. The maximum absolute atomic E-state index is 12.7. The summed E-state index contributed by atoms with van der Waals surface area (Å²) in [7, 11) is 0. The van der Waals surface area contributed by atoms with E-state index < -0.39 is 0 Å². The number of hydrogen-bond acceptors (Lipinski definition) is 2. The van der Waals surface area contributed by atoms with Crippen molar-refractivity contribution in [1.29, 1.82) is 0 Å². The van der Waals surface area contributed by atoms with E-state index in [0.717, 1.165) is 28.2 Å². The predicted molar refractivity (Wildman–Crippen MR) is 110 cm³/mol. The number of halogens is 1. The zero-order chi connectivity index (χ0) is 19.4. The highest BCUT2D eigenvalue weighted by atomic mass is 35.5. The average Bonchev–Trinajstić information content (AvgIpc) is 2.92. The van der Waals surface area contributed by atoms with Gasteiger partial charge in [-0.05, 0) is 49.2 Å². The first kappa shape index (κ1) is 19.0. The molecule has 0 aliphatic carbocycles. The van der Waals surface area contributed by atoms with Gasteiger partial charge in [0.1, 0.15) is 11.5 Å². The molecule has 0 N–H and O–H groups in total. The van der Waals surface area contributed by atoms with Gasteiger partial charge in [0.25, 0.3) is 5.91 Å². The Morgan fingerprint density at radius 3 is 2.33 bits per heavy atom. The summed E-state index contributed by atoms with van der Waals surface area (Å²) in [5.41, 5.74) is 3.44. The lowest BCUT2D eigenvalue weighted by Crippen LogP contribution is -2.24. The summed E-state index contributed by atoms with van der Waals surface area (Å²) < 4.78 is 5.81. The lowest BCUT2D eigenvalue weighted by Gasteiger charge is -2.15. The summed E-state index contributed by atoms with van der Waals surface area (Å²) in [4.78, 5) is 14.5. The topological polar surface area (TPSA) is 29.5 Å². The van der Waals surface area contributed by atoms with Gasteiger partial charge in [-0.25, -0.2) is 0 Å². The molecule has 1 fully saturated rings. The summed E-state index contributed by atoms with van der Waals surface area (Å²) in [6, 6.07) is 17.4. The minimum absolute atomic E-state index is 0.0420. The summed E-state index contributed by atoms with van der Waals surface area (Å²) in [5.74, 6) is 1.51. The number of amides is 1. The van der Waals surface area contributed by atoms with Crippen LogP contribution >= 0.6 is 11.6 Å². The van der Waals surface area contributed by atoms with Gasteiger partial charge < -0.3 is 9.64 Å². The van der Waals surface area contributed by atoms with Crippen LogP contribution in [0.3, 0.4) is 0 Å². The Labute approximate surface area is 165 Å². The number of nitrogens with zero attached hydrogens (tertiary/aromatic N) is 1. The molecule has 0 saturated carbocycles. The number of benzene rings is 2. The minimum atomic E-state index is -0.0420. The van der Waals surface area contributed by atoms with Crippen molar-refractivity contribution < 1.29 is 9.53 Å². The lowest BCUT2D eigenvalue weighted by molar-refractivity contribution is -0.125. The van der Waals surface area contributed by atoms with Gasteiger partial charge in [0, 0.05) is 18.1 Å². The standard InChI is InChI=1S/C23H22ClNO2/c1-16(2)13-19-15-25(23(26)22(19)17(3)24)14-18-9-11-21(12-10-18)27-20-7-5-4-6-8-20/h4-13H,1,14-15H2,2-3H3/b19-13-,22-17-. The SMILES string of the molecule is C=C(C)/C=C1/CN(Cc2ccc(Oc3ccccc3)cc2)C(=O)/C1=C(/C)Cl. The van der Waals surface area contributed by atoms with Crippen LogP contribution < -0.4 is 4.74 Å². The van der Waals surface area contributed by atoms with E-state index in [0.29, 0.717) is 23.7 Å². The van der Waals surface area contributed by atoms with Crippen molar-refractivity contribution in [2.45, 2.75) is 20.4 Å². The Balaban J connectivity index is 1.73. The second kappa shape index (κ2) is 8.28. The Morgan fingerprint density at radius 1 is 1.11 bits per heavy atom. The van der Waals surface area contributed by atoms with Gasteiger partial charge in [0.2, 0.25) is 0 Å². The fraction of sp³-hybridized carbons (Fsp3) is 0.174. The third-order valence-corrected chi connectivity index (χ3v) is 4.41. The molecular weight excluding hydrogens is 358 g/mol. The molecule has 1 heterocycles. The fourth-order valence-corrected chi connectivity index (χ4v) is 3.27. The largest absolute Gasteiger partial charge is 0.457 e. The molecule has 138 valence electrons. The Morgan fingerprint density at radius 2 is 1.74 bits per heavy atom. The number of likely N-dealkylation sites (tertiary alicyclic amines) is 1. The molecule has 1 aliphatic rings. The number of carbonyl (C=O) groups excluding carboxylic acids is 1. The van der Waals surface area contributed by atoms with Crippen LogP contribution in [0.1, 0.15) is 19.4 Å². The molecular formula is C23H22ClNO2. The highest BCUT2D eigenvalue weighted by Gasteiger charge is 2.31.